The summed E-state index contributed by atoms with van der Waals surface area (Å²) in [4.78, 5) is 13.7. The van der Waals surface area contributed by atoms with Crippen molar-refractivity contribution in [3.8, 4) is 0 Å². The third-order valence-corrected chi connectivity index (χ3v) is 3.31. The number of likely N-dealkylation sites (tertiary alicyclic amines) is 1. The quantitative estimate of drug-likeness (QED) is 0.650. The van der Waals surface area contributed by atoms with Crippen molar-refractivity contribution >= 4 is 5.91 Å². The van der Waals surface area contributed by atoms with E-state index in [0.29, 0.717) is 18.4 Å². The van der Waals surface area contributed by atoms with E-state index in [1.165, 1.54) is 12.8 Å². The zero-order valence-corrected chi connectivity index (χ0v) is 8.42. The Labute approximate surface area is 79.3 Å². The second-order valence-corrected chi connectivity index (χ2v) is 5.05. The van der Waals surface area contributed by atoms with Gasteiger partial charge in [0.2, 0.25) is 5.91 Å². The highest BCUT2D eigenvalue weighted by Crippen LogP contribution is 2.36. The fourth-order valence-corrected chi connectivity index (χ4v) is 1.92. The van der Waals surface area contributed by atoms with Crippen LogP contribution in [0.1, 0.15) is 33.1 Å². The minimum absolute atomic E-state index is 0.0114. The van der Waals surface area contributed by atoms with Crippen LogP contribution in [0.5, 0.6) is 0 Å². The summed E-state index contributed by atoms with van der Waals surface area (Å²) >= 11 is 0. The number of nitrogens with zero attached hydrogens (tertiary/aromatic N) is 1. The second kappa shape index (κ2) is 2.71. The molecule has 0 bridgehead atoms. The SMILES string of the molecule is CC1(C)CC(=O)N(C2CC2)CC1N. The first-order valence-corrected chi connectivity index (χ1v) is 5.06. The average Bonchev–Trinajstić information content (AvgIpc) is 2.78. The Hall–Kier alpha value is -0.570. The van der Waals surface area contributed by atoms with Crippen molar-refractivity contribution in [1.82, 2.24) is 4.90 Å². The van der Waals surface area contributed by atoms with Gasteiger partial charge in [-0.1, -0.05) is 13.8 Å². The molecule has 13 heavy (non-hydrogen) atoms. The van der Waals surface area contributed by atoms with Crippen LogP contribution >= 0.6 is 0 Å². The van der Waals surface area contributed by atoms with Crippen LogP contribution in [-0.4, -0.2) is 29.4 Å². The van der Waals surface area contributed by atoms with Crippen LogP contribution in [0.25, 0.3) is 0 Å². The van der Waals surface area contributed by atoms with Crippen LogP contribution in [0.2, 0.25) is 0 Å². The monoisotopic (exact) mass is 182 g/mol. The maximum absolute atomic E-state index is 11.7. The lowest BCUT2D eigenvalue weighted by atomic mass is 9.78. The summed E-state index contributed by atoms with van der Waals surface area (Å²) < 4.78 is 0. The fraction of sp³-hybridized carbons (Fsp3) is 0.900. The number of nitrogens with two attached hydrogens (primary N) is 1. The zero-order chi connectivity index (χ0) is 9.64. The van der Waals surface area contributed by atoms with E-state index >= 15 is 0 Å². The Morgan fingerprint density at radius 1 is 1.46 bits per heavy atom. The van der Waals surface area contributed by atoms with Crippen LogP contribution in [0, 0.1) is 5.41 Å². The summed E-state index contributed by atoms with van der Waals surface area (Å²) in [5.74, 6) is 0.300. The average molecular weight is 182 g/mol. The van der Waals surface area contributed by atoms with Crippen molar-refractivity contribution < 1.29 is 4.79 Å². The summed E-state index contributed by atoms with van der Waals surface area (Å²) in [5, 5.41) is 0. The minimum atomic E-state index is -0.0114. The van der Waals surface area contributed by atoms with E-state index in [2.05, 4.69) is 13.8 Å². The van der Waals surface area contributed by atoms with Crippen molar-refractivity contribution in [3.63, 3.8) is 0 Å². The van der Waals surface area contributed by atoms with Gasteiger partial charge in [0.15, 0.2) is 0 Å². The molecule has 1 aliphatic heterocycles. The normalized spacial score (nSPS) is 33.6. The summed E-state index contributed by atoms with van der Waals surface area (Å²) in [6, 6.07) is 0.667. The highest BCUT2D eigenvalue weighted by atomic mass is 16.2. The number of amides is 1. The van der Waals surface area contributed by atoms with E-state index in [0.717, 1.165) is 6.54 Å². The summed E-state index contributed by atoms with van der Waals surface area (Å²) in [7, 11) is 0. The van der Waals surface area contributed by atoms with E-state index < -0.39 is 0 Å². The van der Waals surface area contributed by atoms with Crippen LogP contribution in [-0.2, 0) is 4.79 Å². The minimum Gasteiger partial charge on any atom is -0.338 e. The van der Waals surface area contributed by atoms with Crippen LogP contribution in [0.15, 0.2) is 0 Å². The molecule has 2 N–H and O–H groups in total. The van der Waals surface area contributed by atoms with Gasteiger partial charge in [-0.2, -0.15) is 0 Å². The van der Waals surface area contributed by atoms with Gasteiger partial charge >= 0.3 is 0 Å². The second-order valence-electron chi connectivity index (χ2n) is 5.05. The summed E-state index contributed by atoms with van der Waals surface area (Å²) in [6.07, 6.45) is 2.97. The molecule has 1 saturated heterocycles. The van der Waals surface area contributed by atoms with Gasteiger partial charge in [0.05, 0.1) is 0 Å². The molecular weight excluding hydrogens is 164 g/mol. The zero-order valence-electron chi connectivity index (χ0n) is 8.42. The number of carbonyl (C=O) groups excluding carboxylic acids is 1. The lowest BCUT2D eigenvalue weighted by Crippen LogP contribution is -2.55. The molecule has 1 atom stereocenters. The predicted octanol–water partition coefficient (Wildman–Crippen LogP) is 0.735. The van der Waals surface area contributed by atoms with Gasteiger partial charge in [-0.3, -0.25) is 4.79 Å². The Morgan fingerprint density at radius 2 is 2.08 bits per heavy atom. The molecule has 0 aromatic rings. The van der Waals surface area contributed by atoms with Crippen LogP contribution in [0.3, 0.4) is 0 Å². The molecule has 3 heteroatoms. The van der Waals surface area contributed by atoms with Gasteiger partial charge in [-0.05, 0) is 18.3 Å². The van der Waals surface area contributed by atoms with Crippen molar-refractivity contribution in [2.24, 2.45) is 11.1 Å². The molecule has 0 aromatic heterocycles. The van der Waals surface area contributed by atoms with Gasteiger partial charge in [0, 0.05) is 25.0 Å². The maximum atomic E-state index is 11.7. The molecule has 0 spiro atoms. The van der Waals surface area contributed by atoms with Gasteiger partial charge in [-0.15, -0.1) is 0 Å². The van der Waals surface area contributed by atoms with Crippen LogP contribution in [0.4, 0.5) is 0 Å². The van der Waals surface area contributed by atoms with E-state index in [9.17, 15) is 4.79 Å². The molecule has 2 fully saturated rings. The first-order chi connectivity index (χ1) is 6.00. The van der Waals surface area contributed by atoms with Crippen LogP contribution < -0.4 is 5.73 Å². The Morgan fingerprint density at radius 3 is 2.62 bits per heavy atom. The Bertz CT molecular complexity index is 233. The third kappa shape index (κ3) is 1.57. The van der Waals surface area contributed by atoms with E-state index in [1.807, 2.05) is 4.90 Å². The van der Waals surface area contributed by atoms with Crippen molar-refractivity contribution in [2.75, 3.05) is 6.54 Å². The molecule has 1 amide bonds. The molecule has 0 aromatic carbocycles. The molecule has 3 nitrogen and oxygen atoms in total. The van der Waals surface area contributed by atoms with E-state index in [-0.39, 0.29) is 11.5 Å². The topological polar surface area (TPSA) is 46.3 Å². The molecule has 1 unspecified atom stereocenters. The van der Waals surface area contributed by atoms with E-state index in [4.69, 9.17) is 5.73 Å². The first-order valence-electron chi connectivity index (χ1n) is 5.06. The lowest BCUT2D eigenvalue weighted by molar-refractivity contribution is -0.138. The first kappa shape index (κ1) is 9.00. The molecule has 74 valence electrons. The largest absolute Gasteiger partial charge is 0.338 e. The highest BCUT2D eigenvalue weighted by molar-refractivity contribution is 5.78. The van der Waals surface area contributed by atoms with E-state index in [1.54, 1.807) is 0 Å². The third-order valence-electron chi connectivity index (χ3n) is 3.31. The van der Waals surface area contributed by atoms with Gasteiger partial charge in [-0.25, -0.2) is 0 Å². The predicted molar refractivity (Wildman–Crippen MR) is 51.1 cm³/mol. The highest BCUT2D eigenvalue weighted by Gasteiger charge is 2.42. The van der Waals surface area contributed by atoms with Crippen molar-refractivity contribution in [1.29, 1.82) is 0 Å². The summed E-state index contributed by atoms with van der Waals surface area (Å²) in [5.41, 5.74) is 6.03. The van der Waals surface area contributed by atoms with Gasteiger partial charge < -0.3 is 10.6 Å². The number of hydrogen-bond acceptors (Lipinski definition) is 2. The molecular formula is C10H18N2O. The van der Waals surface area contributed by atoms with Gasteiger partial charge in [0.1, 0.15) is 0 Å². The smallest absolute Gasteiger partial charge is 0.223 e. The lowest BCUT2D eigenvalue weighted by Gasteiger charge is -2.41. The van der Waals surface area contributed by atoms with Gasteiger partial charge in [0.25, 0.3) is 0 Å². The molecule has 1 heterocycles. The molecule has 2 aliphatic rings. The summed E-state index contributed by atoms with van der Waals surface area (Å²) in [6.45, 7) is 4.93. The molecule has 0 radical (unpaired) electrons. The molecule has 1 saturated carbocycles. The Balaban J connectivity index is 2.07. The number of piperidine rings is 1. The number of hydrogen-bond donors (Lipinski definition) is 1. The standard InChI is InChI=1S/C10H18N2O/c1-10(2)5-9(13)12(6-8(10)11)7-3-4-7/h7-8H,3-6,11H2,1-2H3. The molecule has 2 rings (SSSR count). The van der Waals surface area contributed by atoms with Crippen molar-refractivity contribution in [2.45, 2.75) is 45.2 Å². The number of rotatable bonds is 1. The molecule has 1 aliphatic carbocycles. The van der Waals surface area contributed by atoms with Crippen molar-refractivity contribution in [3.05, 3.63) is 0 Å². The fourth-order valence-electron chi connectivity index (χ4n) is 1.92. The number of carbonyl (C=O) groups is 1. The maximum Gasteiger partial charge on any atom is 0.223 e. The Kier molecular flexibility index (Phi) is 1.88.